The molecule has 1 aliphatic rings. The van der Waals surface area contributed by atoms with E-state index in [1.807, 2.05) is 11.9 Å². The fraction of sp³-hybridized carbons (Fsp3) is 0.769. The lowest BCUT2D eigenvalue weighted by Gasteiger charge is -2.37. The van der Waals surface area contributed by atoms with Crippen molar-refractivity contribution < 1.29 is 13.9 Å². The number of imidazole rings is 1. The summed E-state index contributed by atoms with van der Waals surface area (Å²) >= 11 is 0. The highest BCUT2D eigenvalue weighted by Gasteiger charge is 2.40. The van der Waals surface area contributed by atoms with E-state index in [0.717, 1.165) is 23.8 Å². The Bertz CT molecular complexity index is 424. The number of aliphatic hydroxyl groups is 1. The lowest BCUT2D eigenvalue weighted by molar-refractivity contribution is 0.0331. The van der Waals surface area contributed by atoms with Gasteiger partial charge in [-0.15, -0.1) is 0 Å². The number of aliphatic hydroxyl groups excluding tert-OH is 1. The normalized spacial score (nSPS) is 27.6. The molecule has 1 fully saturated rings. The average molecular weight is 273 g/mol. The second-order valence-corrected chi connectivity index (χ2v) is 5.61. The van der Waals surface area contributed by atoms with E-state index in [1.165, 1.54) is 12.4 Å². The Kier molecular flexibility index (Phi) is 4.20. The van der Waals surface area contributed by atoms with Gasteiger partial charge in [-0.2, -0.15) is 8.78 Å². The van der Waals surface area contributed by atoms with Crippen molar-refractivity contribution in [3.63, 3.8) is 0 Å². The zero-order valence-corrected chi connectivity index (χ0v) is 11.4. The van der Waals surface area contributed by atoms with E-state index in [0.29, 0.717) is 18.3 Å². The summed E-state index contributed by atoms with van der Waals surface area (Å²) in [6.07, 6.45) is 5.54. The van der Waals surface area contributed by atoms with E-state index >= 15 is 0 Å². The van der Waals surface area contributed by atoms with Crippen molar-refractivity contribution in [1.82, 2.24) is 14.5 Å². The Labute approximate surface area is 112 Å². The minimum absolute atomic E-state index is 0.0588. The largest absolute Gasteiger partial charge is 0.394 e. The minimum atomic E-state index is -2.57. The molecule has 0 saturated heterocycles. The molecule has 0 aromatic carbocycles. The van der Waals surface area contributed by atoms with Crippen LogP contribution < -0.4 is 0 Å². The second-order valence-electron chi connectivity index (χ2n) is 5.61. The van der Waals surface area contributed by atoms with Crippen LogP contribution in [-0.2, 0) is 6.54 Å². The molecule has 2 rings (SSSR count). The van der Waals surface area contributed by atoms with Crippen molar-refractivity contribution in [2.45, 2.75) is 44.8 Å². The molecule has 108 valence electrons. The molecule has 0 unspecified atom stereocenters. The van der Waals surface area contributed by atoms with Crippen LogP contribution in [-0.4, -0.2) is 38.8 Å². The van der Waals surface area contributed by atoms with E-state index in [2.05, 4.69) is 11.9 Å². The lowest BCUT2D eigenvalue weighted by atomic mass is 9.95. The first-order valence-electron chi connectivity index (χ1n) is 6.60. The van der Waals surface area contributed by atoms with E-state index in [1.54, 1.807) is 0 Å². The molecule has 0 amide bonds. The van der Waals surface area contributed by atoms with Gasteiger partial charge in [0.15, 0.2) is 0 Å². The Hall–Kier alpha value is -1.01. The molecule has 1 saturated carbocycles. The van der Waals surface area contributed by atoms with Gasteiger partial charge in [0.05, 0.1) is 13.2 Å². The Morgan fingerprint density at radius 2 is 2.37 bits per heavy atom. The van der Waals surface area contributed by atoms with Gasteiger partial charge in [-0.25, -0.2) is 4.98 Å². The zero-order valence-electron chi connectivity index (χ0n) is 11.4. The van der Waals surface area contributed by atoms with Gasteiger partial charge < -0.3 is 5.11 Å². The second kappa shape index (κ2) is 5.54. The number of hydrogen-bond donors (Lipinski definition) is 1. The van der Waals surface area contributed by atoms with Crippen LogP contribution in [0.15, 0.2) is 12.4 Å². The molecule has 0 radical (unpaired) electrons. The van der Waals surface area contributed by atoms with Gasteiger partial charge in [0.25, 0.3) is 0 Å². The van der Waals surface area contributed by atoms with Crippen LogP contribution in [0.4, 0.5) is 8.78 Å². The predicted octanol–water partition coefficient (Wildman–Crippen LogP) is 2.26. The standard InChI is InChI=1S/C13H21F2N3O/c1-10-3-4-13(7-10,9-19)17(2)8-11-16-5-6-18(11)12(14)15/h5-6,10,12,19H,3-4,7-9H2,1-2H3/t10-,13+/m1/s1. The Morgan fingerprint density at radius 1 is 1.63 bits per heavy atom. The molecule has 2 atom stereocenters. The molecule has 6 heteroatoms. The molecule has 19 heavy (non-hydrogen) atoms. The first-order valence-corrected chi connectivity index (χ1v) is 6.60. The van der Waals surface area contributed by atoms with Crippen LogP contribution in [0.25, 0.3) is 0 Å². The third-order valence-corrected chi connectivity index (χ3v) is 4.27. The molecule has 0 aliphatic heterocycles. The van der Waals surface area contributed by atoms with Crippen molar-refractivity contribution >= 4 is 0 Å². The summed E-state index contributed by atoms with van der Waals surface area (Å²) in [6.45, 7) is -0.0300. The zero-order chi connectivity index (χ0) is 14.0. The van der Waals surface area contributed by atoms with Crippen LogP contribution in [0.3, 0.4) is 0 Å². The molecule has 1 aromatic heterocycles. The van der Waals surface area contributed by atoms with Crippen LogP contribution in [0.1, 0.15) is 38.6 Å². The fourth-order valence-corrected chi connectivity index (χ4v) is 3.00. The van der Waals surface area contributed by atoms with Crippen LogP contribution in [0.5, 0.6) is 0 Å². The predicted molar refractivity (Wildman–Crippen MR) is 67.8 cm³/mol. The maximum Gasteiger partial charge on any atom is 0.319 e. The van der Waals surface area contributed by atoms with Gasteiger partial charge in [0.2, 0.25) is 0 Å². The topological polar surface area (TPSA) is 41.3 Å². The highest BCUT2D eigenvalue weighted by Crippen LogP contribution is 2.38. The molecule has 1 N–H and O–H groups in total. The highest BCUT2D eigenvalue weighted by atomic mass is 19.3. The Balaban J connectivity index is 2.11. The van der Waals surface area contributed by atoms with E-state index in [-0.39, 0.29) is 12.1 Å². The van der Waals surface area contributed by atoms with Crippen molar-refractivity contribution in [3.8, 4) is 0 Å². The molecular weight excluding hydrogens is 252 g/mol. The number of aromatic nitrogens is 2. The van der Waals surface area contributed by atoms with Crippen LogP contribution in [0, 0.1) is 5.92 Å². The first kappa shape index (κ1) is 14.4. The minimum Gasteiger partial charge on any atom is -0.394 e. The van der Waals surface area contributed by atoms with Gasteiger partial charge in [-0.05, 0) is 32.2 Å². The average Bonchev–Trinajstić information content (AvgIpc) is 2.96. The number of likely N-dealkylation sites (N-methyl/N-ethyl adjacent to an activating group) is 1. The van der Waals surface area contributed by atoms with Crippen molar-refractivity contribution in [2.24, 2.45) is 5.92 Å². The van der Waals surface area contributed by atoms with Crippen LogP contribution >= 0.6 is 0 Å². The maximum atomic E-state index is 12.8. The number of hydrogen-bond acceptors (Lipinski definition) is 3. The summed E-state index contributed by atoms with van der Waals surface area (Å²) < 4.78 is 26.4. The van der Waals surface area contributed by atoms with E-state index in [4.69, 9.17) is 0 Å². The number of halogens is 2. The smallest absolute Gasteiger partial charge is 0.319 e. The van der Waals surface area contributed by atoms with Crippen molar-refractivity contribution in [1.29, 1.82) is 0 Å². The van der Waals surface area contributed by atoms with Crippen molar-refractivity contribution in [2.75, 3.05) is 13.7 Å². The van der Waals surface area contributed by atoms with Crippen LogP contribution in [0.2, 0.25) is 0 Å². The van der Waals surface area contributed by atoms with Gasteiger partial charge in [-0.3, -0.25) is 9.47 Å². The van der Waals surface area contributed by atoms with Gasteiger partial charge >= 0.3 is 6.55 Å². The summed E-state index contributed by atoms with van der Waals surface area (Å²) in [7, 11) is 1.87. The molecular formula is C13H21F2N3O. The highest BCUT2D eigenvalue weighted by molar-refractivity contribution is 4.99. The van der Waals surface area contributed by atoms with E-state index < -0.39 is 6.55 Å². The summed E-state index contributed by atoms with van der Waals surface area (Å²) in [5.41, 5.74) is -0.293. The molecule has 0 bridgehead atoms. The first-order chi connectivity index (χ1) is 8.98. The monoisotopic (exact) mass is 273 g/mol. The SMILES string of the molecule is C[C@@H]1CC[C@](CO)(N(C)Cc2nccn2C(F)F)C1. The fourth-order valence-electron chi connectivity index (χ4n) is 3.00. The Morgan fingerprint density at radius 3 is 2.89 bits per heavy atom. The molecule has 0 spiro atoms. The summed E-state index contributed by atoms with van der Waals surface area (Å²) in [6, 6.07) is 0. The number of alkyl halides is 2. The van der Waals surface area contributed by atoms with E-state index in [9.17, 15) is 13.9 Å². The van der Waals surface area contributed by atoms with Gasteiger partial charge in [-0.1, -0.05) is 6.92 Å². The van der Waals surface area contributed by atoms with Crippen molar-refractivity contribution in [3.05, 3.63) is 18.2 Å². The quantitative estimate of drug-likeness (QED) is 0.894. The van der Waals surface area contributed by atoms with Gasteiger partial charge in [0, 0.05) is 17.9 Å². The summed E-state index contributed by atoms with van der Waals surface area (Å²) in [5, 5.41) is 9.69. The number of rotatable bonds is 5. The lowest BCUT2D eigenvalue weighted by Crippen LogP contribution is -2.47. The third kappa shape index (κ3) is 2.79. The maximum absolute atomic E-state index is 12.8. The molecule has 1 aromatic rings. The summed E-state index contributed by atoms with van der Waals surface area (Å²) in [4.78, 5) is 5.96. The molecule has 1 heterocycles. The molecule has 1 aliphatic carbocycles. The summed E-state index contributed by atoms with van der Waals surface area (Å²) in [5.74, 6) is 0.898. The third-order valence-electron chi connectivity index (χ3n) is 4.27. The molecule has 4 nitrogen and oxygen atoms in total. The van der Waals surface area contributed by atoms with Gasteiger partial charge in [0.1, 0.15) is 5.82 Å². The number of nitrogens with zero attached hydrogens (tertiary/aromatic N) is 3.